The summed E-state index contributed by atoms with van der Waals surface area (Å²) in [7, 11) is 0. The summed E-state index contributed by atoms with van der Waals surface area (Å²) >= 11 is 0. The number of hydrogen-bond donors (Lipinski definition) is 1. The lowest BCUT2D eigenvalue weighted by molar-refractivity contribution is -0.129. The molecule has 3 unspecified atom stereocenters. The van der Waals surface area contributed by atoms with Crippen LogP contribution in [0.25, 0.3) is 11.0 Å². The van der Waals surface area contributed by atoms with E-state index >= 15 is 0 Å². The number of aromatic amines is 1. The van der Waals surface area contributed by atoms with Gasteiger partial charge in [0.15, 0.2) is 0 Å². The van der Waals surface area contributed by atoms with E-state index in [1.807, 2.05) is 0 Å². The van der Waals surface area contributed by atoms with Crippen molar-refractivity contribution in [3.8, 4) is 0 Å². The minimum absolute atomic E-state index is 0.0311. The molecule has 3 aliphatic rings. The molecule has 114 valence electrons. The quantitative estimate of drug-likeness (QED) is 0.810. The second kappa shape index (κ2) is 4.18. The van der Waals surface area contributed by atoms with Gasteiger partial charge < -0.3 is 0 Å². The van der Waals surface area contributed by atoms with Crippen molar-refractivity contribution in [3.63, 3.8) is 0 Å². The van der Waals surface area contributed by atoms with Crippen LogP contribution in [0.2, 0.25) is 0 Å². The van der Waals surface area contributed by atoms with Gasteiger partial charge in [0.2, 0.25) is 0 Å². The predicted octanol–water partition coefficient (Wildman–Crippen LogP) is 3.38. The maximum atomic E-state index is 12.4. The Hall–Kier alpha value is -1.71. The largest absolute Gasteiger partial charge is 0.299 e. The summed E-state index contributed by atoms with van der Waals surface area (Å²) in [6.45, 7) is 2.24. The fraction of sp³-hybridized carbons (Fsp3) is 0.611. The maximum absolute atomic E-state index is 12.4. The summed E-state index contributed by atoms with van der Waals surface area (Å²) in [6.07, 6.45) is 6.42. The Balaban J connectivity index is 1.61. The van der Waals surface area contributed by atoms with Gasteiger partial charge in [-0.15, -0.1) is 5.10 Å². The zero-order valence-electron chi connectivity index (χ0n) is 12.9. The Morgan fingerprint density at radius 1 is 1.23 bits per heavy atom. The number of benzene rings is 1. The van der Waals surface area contributed by atoms with Crippen molar-refractivity contribution in [2.75, 3.05) is 0 Å². The molecule has 2 aromatic rings. The first-order valence-electron chi connectivity index (χ1n) is 8.54. The van der Waals surface area contributed by atoms with E-state index < -0.39 is 0 Å². The number of fused-ring (bicyclic) bond motifs is 7. The average Bonchev–Trinajstić information content (AvgIpc) is 3.12. The monoisotopic (exact) mass is 295 g/mol. The first kappa shape index (κ1) is 12.8. The Bertz CT molecular complexity index is 780. The van der Waals surface area contributed by atoms with Crippen LogP contribution in [0.3, 0.4) is 0 Å². The van der Waals surface area contributed by atoms with Crippen LogP contribution < -0.4 is 0 Å². The van der Waals surface area contributed by atoms with E-state index in [-0.39, 0.29) is 5.41 Å². The number of carbonyl (C=O) groups excluding carboxylic acids is 1. The molecule has 2 saturated carbocycles. The molecule has 0 aliphatic heterocycles. The minimum Gasteiger partial charge on any atom is -0.299 e. The number of aromatic nitrogens is 3. The molecule has 4 atom stereocenters. The number of hydrogen-bond acceptors (Lipinski definition) is 3. The third-order valence-corrected chi connectivity index (χ3v) is 6.91. The molecule has 1 aromatic heterocycles. The molecule has 0 amide bonds. The Labute approximate surface area is 129 Å². The van der Waals surface area contributed by atoms with Gasteiger partial charge >= 0.3 is 0 Å². The van der Waals surface area contributed by atoms with Crippen LogP contribution in [0.5, 0.6) is 0 Å². The fourth-order valence-corrected chi connectivity index (χ4v) is 5.75. The number of aryl methyl sites for hydroxylation is 1. The van der Waals surface area contributed by atoms with Gasteiger partial charge in [0, 0.05) is 11.8 Å². The summed E-state index contributed by atoms with van der Waals surface area (Å²) < 4.78 is 0. The van der Waals surface area contributed by atoms with Gasteiger partial charge in [-0.2, -0.15) is 0 Å². The van der Waals surface area contributed by atoms with Crippen molar-refractivity contribution in [2.45, 2.75) is 51.4 Å². The molecule has 1 heterocycles. The third kappa shape index (κ3) is 1.46. The number of ketones is 1. The van der Waals surface area contributed by atoms with Crippen LogP contribution in [0.1, 0.15) is 56.1 Å². The predicted molar refractivity (Wildman–Crippen MR) is 83.5 cm³/mol. The summed E-state index contributed by atoms with van der Waals surface area (Å²) in [5, 5.41) is 11.3. The minimum atomic E-state index is -0.0311. The van der Waals surface area contributed by atoms with Crippen LogP contribution in [-0.4, -0.2) is 21.2 Å². The van der Waals surface area contributed by atoms with Crippen molar-refractivity contribution in [2.24, 2.45) is 17.3 Å². The van der Waals surface area contributed by atoms with Crippen molar-refractivity contribution in [3.05, 3.63) is 23.3 Å². The van der Waals surface area contributed by atoms with E-state index in [9.17, 15) is 4.79 Å². The average molecular weight is 295 g/mol. The zero-order valence-corrected chi connectivity index (χ0v) is 12.9. The van der Waals surface area contributed by atoms with E-state index in [0.717, 1.165) is 43.1 Å². The van der Waals surface area contributed by atoms with Gasteiger partial charge in [0.1, 0.15) is 11.3 Å². The Morgan fingerprint density at radius 3 is 3.05 bits per heavy atom. The van der Waals surface area contributed by atoms with Crippen molar-refractivity contribution in [1.29, 1.82) is 0 Å². The van der Waals surface area contributed by atoms with Gasteiger partial charge in [0.05, 0.1) is 5.52 Å². The molecule has 4 heteroatoms. The number of nitrogens with zero attached hydrogens (tertiary/aromatic N) is 2. The molecule has 0 bridgehead atoms. The number of nitrogens with one attached hydrogen (secondary N) is 1. The smallest absolute Gasteiger partial charge is 0.139 e. The molecule has 22 heavy (non-hydrogen) atoms. The van der Waals surface area contributed by atoms with Gasteiger partial charge in [-0.05, 0) is 67.1 Å². The summed E-state index contributed by atoms with van der Waals surface area (Å²) in [5.74, 6) is 2.42. The van der Waals surface area contributed by atoms with Crippen molar-refractivity contribution < 1.29 is 4.79 Å². The second-order valence-electron chi connectivity index (χ2n) is 7.67. The third-order valence-electron chi connectivity index (χ3n) is 6.91. The van der Waals surface area contributed by atoms with Crippen LogP contribution in [0.4, 0.5) is 0 Å². The highest BCUT2D eigenvalue weighted by Crippen LogP contribution is 2.59. The molecule has 1 aromatic carbocycles. The van der Waals surface area contributed by atoms with Gasteiger partial charge in [-0.3, -0.25) is 9.89 Å². The normalized spacial score (nSPS) is 37.0. The molecule has 0 radical (unpaired) electrons. The Morgan fingerprint density at radius 2 is 2.14 bits per heavy atom. The topological polar surface area (TPSA) is 58.6 Å². The van der Waals surface area contributed by atoms with E-state index in [1.165, 1.54) is 17.5 Å². The second-order valence-corrected chi connectivity index (χ2v) is 7.67. The molecule has 3 aliphatic carbocycles. The summed E-state index contributed by atoms with van der Waals surface area (Å²) in [4.78, 5) is 12.4. The van der Waals surface area contributed by atoms with Crippen LogP contribution >= 0.6 is 0 Å². The molecular weight excluding hydrogens is 274 g/mol. The SMILES string of the molecule is C[C@]12CCC3c4ccc5[nH]nnc5c4CCC3C1CCC2=O. The molecule has 5 rings (SSSR count). The van der Waals surface area contributed by atoms with E-state index in [2.05, 4.69) is 34.5 Å². The van der Waals surface area contributed by atoms with Gasteiger partial charge in [-0.25, -0.2) is 0 Å². The molecule has 2 fully saturated rings. The van der Waals surface area contributed by atoms with E-state index in [1.54, 1.807) is 0 Å². The highest BCUT2D eigenvalue weighted by Gasteiger charge is 2.54. The molecular formula is C18H21N3O. The highest BCUT2D eigenvalue weighted by molar-refractivity contribution is 5.87. The van der Waals surface area contributed by atoms with Gasteiger partial charge in [0.25, 0.3) is 0 Å². The number of H-pyrrole nitrogens is 1. The first-order chi connectivity index (χ1) is 10.7. The lowest BCUT2D eigenvalue weighted by Crippen LogP contribution is -2.42. The molecule has 1 N–H and O–H groups in total. The summed E-state index contributed by atoms with van der Waals surface area (Å²) in [5.41, 5.74) is 4.97. The standard InChI is InChI=1S/C18H21N3O/c1-18-9-8-11-10-4-6-15-17(20-21-19-15)13(10)3-2-12(11)14(18)5-7-16(18)22/h4,6,11-12,14H,2-3,5,7-9H2,1H3,(H,19,20,21)/t11?,12?,14?,18-/m0/s1. The molecule has 0 spiro atoms. The number of rotatable bonds is 0. The van der Waals surface area contributed by atoms with Gasteiger partial charge in [-0.1, -0.05) is 18.2 Å². The molecule has 0 saturated heterocycles. The maximum Gasteiger partial charge on any atom is 0.139 e. The highest BCUT2D eigenvalue weighted by atomic mass is 16.1. The number of carbonyl (C=O) groups is 1. The Kier molecular flexibility index (Phi) is 2.43. The van der Waals surface area contributed by atoms with Crippen molar-refractivity contribution in [1.82, 2.24) is 15.4 Å². The van der Waals surface area contributed by atoms with Crippen LogP contribution in [-0.2, 0) is 11.2 Å². The fourth-order valence-electron chi connectivity index (χ4n) is 5.75. The lowest BCUT2D eigenvalue weighted by atomic mass is 9.55. The van der Waals surface area contributed by atoms with Crippen LogP contribution in [0.15, 0.2) is 12.1 Å². The van der Waals surface area contributed by atoms with E-state index in [0.29, 0.717) is 23.5 Å². The van der Waals surface area contributed by atoms with E-state index in [4.69, 9.17) is 0 Å². The summed E-state index contributed by atoms with van der Waals surface area (Å²) in [6, 6.07) is 4.41. The lowest BCUT2D eigenvalue weighted by Gasteiger charge is -2.48. The molecule has 4 nitrogen and oxygen atoms in total. The van der Waals surface area contributed by atoms with Crippen LogP contribution in [0, 0.1) is 17.3 Å². The zero-order chi connectivity index (χ0) is 14.9. The van der Waals surface area contributed by atoms with Crippen molar-refractivity contribution >= 4 is 16.8 Å². The first-order valence-corrected chi connectivity index (χ1v) is 8.54. The number of Topliss-reactive ketones (excluding diaryl/α,β-unsaturated/α-hetero) is 1.